The summed E-state index contributed by atoms with van der Waals surface area (Å²) in [4.78, 5) is 26.9. The van der Waals surface area contributed by atoms with E-state index in [1.165, 1.54) is 6.20 Å². The van der Waals surface area contributed by atoms with E-state index in [2.05, 4.69) is 10.3 Å². The van der Waals surface area contributed by atoms with Gasteiger partial charge >= 0.3 is 11.2 Å². The van der Waals surface area contributed by atoms with Crippen molar-refractivity contribution >= 4 is 28.8 Å². The smallest absolute Gasteiger partial charge is 0.376 e. The number of hydrogen-bond donors (Lipinski definition) is 2. The van der Waals surface area contributed by atoms with Gasteiger partial charge in [0.05, 0.1) is 11.0 Å². The van der Waals surface area contributed by atoms with E-state index in [4.69, 9.17) is 11.6 Å². The maximum atomic E-state index is 12.3. The molecule has 2 aromatic heterocycles. The fourth-order valence-electron chi connectivity index (χ4n) is 2.36. The zero-order valence-corrected chi connectivity index (χ0v) is 13.6. The normalized spacial score (nSPS) is 12.1. The van der Waals surface area contributed by atoms with Crippen LogP contribution in [0.5, 0.6) is 0 Å². The molecule has 0 saturated carbocycles. The molecule has 0 fully saturated rings. The number of nitro groups is 1. The van der Waals surface area contributed by atoms with Crippen LogP contribution in [0.4, 0.5) is 11.5 Å². The van der Waals surface area contributed by atoms with Crippen LogP contribution in [0.1, 0.15) is 11.7 Å². The lowest BCUT2D eigenvalue weighted by atomic mass is 10.1. The lowest BCUT2D eigenvalue weighted by Gasteiger charge is -2.13. The summed E-state index contributed by atoms with van der Waals surface area (Å²) in [5, 5.41) is 24.7. The van der Waals surface area contributed by atoms with Crippen LogP contribution in [0, 0.1) is 10.1 Å². The Labute approximate surface area is 146 Å². The van der Waals surface area contributed by atoms with Crippen molar-refractivity contribution in [1.82, 2.24) is 9.38 Å². The molecule has 9 heteroatoms. The van der Waals surface area contributed by atoms with Crippen molar-refractivity contribution in [3.05, 3.63) is 79.7 Å². The lowest BCUT2D eigenvalue weighted by molar-refractivity contribution is -0.385. The minimum absolute atomic E-state index is 0.0576. The molecule has 2 heterocycles. The van der Waals surface area contributed by atoms with E-state index >= 15 is 0 Å². The van der Waals surface area contributed by atoms with Gasteiger partial charge in [0.15, 0.2) is 0 Å². The summed E-state index contributed by atoms with van der Waals surface area (Å²) >= 11 is 5.80. The number of nitrogens with zero attached hydrogens (tertiary/aromatic N) is 3. The minimum Gasteiger partial charge on any atom is -0.387 e. The average Bonchev–Trinajstić information content (AvgIpc) is 2.60. The molecule has 1 atom stereocenters. The highest BCUT2D eigenvalue weighted by Crippen LogP contribution is 2.21. The molecule has 0 saturated heterocycles. The Morgan fingerprint density at radius 1 is 1.28 bits per heavy atom. The number of hydrogen-bond acceptors (Lipinski definition) is 6. The van der Waals surface area contributed by atoms with E-state index < -0.39 is 22.3 Å². The summed E-state index contributed by atoms with van der Waals surface area (Å²) in [7, 11) is 0. The molecule has 0 bridgehead atoms. The van der Waals surface area contributed by atoms with E-state index in [1.54, 1.807) is 42.5 Å². The summed E-state index contributed by atoms with van der Waals surface area (Å²) in [6.45, 7) is -0.0576. The van der Waals surface area contributed by atoms with Gasteiger partial charge in [-0.3, -0.25) is 19.3 Å². The van der Waals surface area contributed by atoms with Gasteiger partial charge < -0.3 is 10.4 Å². The van der Waals surface area contributed by atoms with E-state index in [-0.39, 0.29) is 18.0 Å². The molecule has 3 aromatic rings. The minimum atomic E-state index is -0.951. The highest BCUT2D eigenvalue weighted by molar-refractivity contribution is 6.30. The Morgan fingerprint density at radius 2 is 2.00 bits per heavy atom. The van der Waals surface area contributed by atoms with Gasteiger partial charge in [-0.1, -0.05) is 29.8 Å². The Bertz CT molecular complexity index is 988. The Balaban J connectivity index is 1.92. The summed E-state index contributed by atoms with van der Waals surface area (Å²) in [6, 6.07) is 11.4. The number of fused-ring (bicyclic) bond motifs is 1. The van der Waals surface area contributed by atoms with E-state index in [0.29, 0.717) is 10.6 Å². The molecule has 0 aliphatic rings. The van der Waals surface area contributed by atoms with E-state index in [0.717, 1.165) is 4.40 Å². The molecule has 2 N–H and O–H groups in total. The molecule has 0 spiro atoms. The average molecular weight is 361 g/mol. The molecule has 0 aliphatic carbocycles. The molecule has 25 heavy (non-hydrogen) atoms. The van der Waals surface area contributed by atoms with E-state index in [1.807, 2.05) is 0 Å². The Kier molecular flexibility index (Phi) is 4.64. The number of aliphatic hydroxyl groups is 1. The fraction of sp³-hybridized carbons (Fsp3) is 0.125. The van der Waals surface area contributed by atoms with Crippen LogP contribution < -0.4 is 10.9 Å². The van der Waals surface area contributed by atoms with Gasteiger partial charge in [0, 0.05) is 17.8 Å². The molecule has 128 valence electrons. The number of aromatic nitrogens is 2. The van der Waals surface area contributed by atoms with Crippen LogP contribution in [0.3, 0.4) is 0 Å². The van der Waals surface area contributed by atoms with Crippen LogP contribution in [0.25, 0.3) is 5.65 Å². The Hall–Kier alpha value is -2.97. The fourth-order valence-corrected chi connectivity index (χ4v) is 2.49. The molecule has 1 aromatic carbocycles. The number of aliphatic hydroxyl groups excluding tert-OH is 1. The third kappa shape index (κ3) is 3.44. The monoisotopic (exact) mass is 360 g/mol. The zero-order chi connectivity index (χ0) is 18.0. The first-order valence-corrected chi connectivity index (χ1v) is 7.68. The first-order chi connectivity index (χ1) is 12.0. The van der Waals surface area contributed by atoms with Crippen molar-refractivity contribution in [2.45, 2.75) is 6.10 Å². The lowest BCUT2D eigenvalue weighted by Crippen LogP contribution is -2.22. The molecule has 8 nitrogen and oxygen atoms in total. The number of benzene rings is 1. The number of nitrogens with one attached hydrogen (secondary N) is 1. The first-order valence-electron chi connectivity index (χ1n) is 7.30. The maximum absolute atomic E-state index is 12.3. The highest BCUT2D eigenvalue weighted by atomic mass is 35.5. The van der Waals surface area contributed by atoms with Crippen LogP contribution in [0.15, 0.2) is 53.5 Å². The number of halogens is 1. The largest absolute Gasteiger partial charge is 0.387 e. The van der Waals surface area contributed by atoms with Crippen molar-refractivity contribution in [3.63, 3.8) is 0 Å². The Morgan fingerprint density at radius 3 is 2.68 bits per heavy atom. The van der Waals surface area contributed by atoms with Crippen molar-refractivity contribution in [1.29, 1.82) is 0 Å². The van der Waals surface area contributed by atoms with Gasteiger partial charge in [-0.25, -0.2) is 4.98 Å². The molecule has 1 unspecified atom stereocenters. The maximum Gasteiger partial charge on any atom is 0.376 e. The van der Waals surface area contributed by atoms with Gasteiger partial charge in [-0.15, -0.1) is 0 Å². The predicted molar refractivity (Wildman–Crippen MR) is 93.0 cm³/mol. The molecule has 0 radical (unpaired) electrons. The predicted octanol–water partition coefficient (Wildman–Crippen LogP) is 2.40. The van der Waals surface area contributed by atoms with Crippen LogP contribution >= 0.6 is 11.6 Å². The van der Waals surface area contributed by atoms with Crippen molar-refractivity contribution in [2.24, 2.45) is 0 Å². The number of pyridine rings is 1. The van der Waals surface area contributed by atoms with Crippen molar-refractivity contribution in [3.8, 4) is 0 Å². The van der Waals surface area contributed by atoms with Gasteiger partial charge in [0.1, 0.15) is 5.65 Å². The van der Waals surface area contributed by atoms with Crippen LogP contribution in [-0.4, -0.2) is 26.0 Å². The van der Waals surface area contributed by atoms with Gasteiger partial charge in [0.25, 0.3) is 0 Å². The second kappa shape index (κ2) is 6.88. The molecular weight excluding hydrogens is 348 g/mol. The number of anilines is 1. The van der Waals surface area contributed by atoms with Crippen molar-refractivity contribution < 1.29 is 10.0 Å². The van der Waals surface area contributed by atoms with Gasteiger partial charge in [-0.2, -0.15) is 0 Å². The summed E-state index contributed by atoms with van der Waals surface area (Å²) < 4.78 is 1.10. The van der Waals surface area contributed by atoms with Crippen molar-refractivity contribution in [2.75, 3.05) is 11.9 Å². The topological polar surface area (TPSA) is 110 Å². The van der Waals surface area contributed by atoms with Gasteiger partial charge in [0.2, 0.25) is 5.82 Å². The first kappa shape index (κ1) is 16.9. The molecule has 0 amide bonds. The molecule has 3 rings (SSSR count). The second-order valence-corrected chi connectivity index (χ2v) is 5.68. The third-order valence-electron chi connectivity index (χ3n) is 3.61. The summed E-state index contributed by atoms with van der Waals surface area (Å²) in [6.07, 6.45) is 0.456. The quantitative estimate of drug-likeness (QED) is 0.534. The third-order valence-corrected chi connectivity index (χ3v) is 3.86. The number of rotatable bonds is 5. The van der Waals surface area contributed by atoms with E-state index in [9.17, 15) is 20.0 Å². The standard InChI is InChI=1S/C16H13ClN4O4/c17-11-6-4-10(5-7-11)12(22)9-18-15-14(21(24)25)16(23)20-8-2-1-3-13(20)19-15/h1-8,12,18,22H,9H2. The SMILES string of the molecule is O=c1c([N+](=O)[O-])c(NCC(O)c2ccc(Cl)cc2)nc2ccccn12. The molecule has 0 aliphatic heterocycles. The van der Waals surface area contributed by atoms with Gasteiger partial charge in [-0.05, 0) is 29.8 Å². The van der Waals surface area contributed by atoms with Crippen LogP contribution in [0.2, 0.25) is 5.02 Å². The zero-order valence-electron chi connectivity index (χ0n) is 12.8. The highest BCUT2D eigenvalue weighted by Gasteiger charge is 2.24. The second-order valence-electron chi connectivity index (χ2n) is 5.25. The molecular formula is C16H13ClN4O4. The summed E-state index contributed by atoms with van der Waals surface area (Å²) in [5.74, 6) is -0.186. The summed E-state index contributed by atoms with van der Waals surface area (Å²) in [5.41, 5.74) is -0.621. The van der Waals surface area contributed by atoms with Crippen LogP contribution in [-0.2, 0) is 0 Å².